The topological polar surface area (TPSA) is 55.4 Å². The van der Waals surface area contributed by atoms with E-state index in [0.29, 0.717) is 37.3 Å². The van der Waals surface area contributed by atoms with Gasteiger partial charge in [0, 0.05) is 4.88 Å². The molecule has 0 fully saturated rings. The second-order valence-electron chi connectivity index (χ2n) is 5.97. The van der Waals surface area contributed by atoms with Gasteiger partial charge < -0.3 is 10.1 Å². The van der Waals surface area contributed by atoms with Gasteiger partial charge in [0.1, 0.15) is 9.34 Å². The molecule has 0 spiro atoms. The Hall–Kier alpha value is -1.08. The SMILES string of the molecule is CCOC(=O)c1c(NC(=O)c2cc(Cl)sc2Cl)sc2c1CC[C@@H](C)C2. The number of rotatable bonds is 4. The molecule has 8 heteroatoms. The van der Waals surface area contributed by atoms with Crippen molar-refractivity contribution in [1.82, 2.24) is 0 Å². The van der Waals surface area contributed by atoms with E-state index >= 15 is 0 Å². The molecule has 0 aromatic carbocycles. The van der Waals surface area contributed by atoms with Crippen LogP contribution < -0.4 is 5.32 Å². The van der Waals surface area contributed by atoms with Crippen molar-refractivity contribution in [2.45, 2.75) is 33.1 Å². The van der Waals surface area contributed by atoms with Crippen LogP contribution in [0.5, 0.6) is 0 Å². The van der Waals surface area contributed by atoms with Gasteiger partial charge in [0.05, 0.1) is 22.1 Å². The van der Waals surface area contributed by atoms with Crippen molar-refractivity contribution in [1.29, 1.82) is 0 Å². The lowest BCUT2D eigenvalue weighted by atomic mass is 9.88. The van der Waals surface area contributed by atoms with E-state index in [0.717, 1.165) is 41.0 Å². The third-order valence-corrected chi connectivity index (χ3v) is 6.78. The number of ether oxygens (including phenoxy) is 1. The molecule has 0 radical (unpaired) electrons. The van der Waals surface area contributed by atoms with Gasteiger partial charge in [-0.1, -0.05) is 30.1 Å². The minimum Gasteiger partial charge on any atom is -0.462 e. The highest BCUT2D eigenvalue weighted by Gasteiger charge is 2.29. The highest BCUT2D eigenvalue weighted by atomic mass is 35.5. The molecule has 1 atom stereocenters. The van der Waals surface area contributed by atoms with Gasteiger partial charge in [-0.2, -0.15) is 0 Å². The quantitative estimate of drug-likeness (QED) is 0.651. The molecule has 2 aromatic heterocycles. The second-order valence-corrected chi connectivity index (χ2v) is 9.36. The summed E-state index contributed by atoms with van der Waals surface area (Å²) in [7, 11) is 0. The number of hydrogen-bond acceptors (Lipinski definition) is 5. The molecule has 2 aromatic rings. The lowest BCUT2D eigenvalue weighted by molar-refractivity contribution is 0.0526. The predicted molar refractivity (Wildman–Crippen MR) is 104 cm³/mol. The fraction of sp³-hybridized carbons (Fsp3) is 0.412. The first-order valence-electron chi connectivity index (χ1n) is 7.98. The van der Waals surface area contributed by atoms with E-state index in [9.17, 15) is 9.59 Å². The molecule has 134 valence electrons. The van der Waals surface area contributed by atoms with Crippen molar-refractivity contribution >= 4 is 62.8 Å². The van der Waals surface area contributed by atoms with Crippen molar-refractivity contribution in [3.05, 3.63) is 36.3 Å². The molecule has 0 bridgehead atoms. The van der Waals surface area contributed by atoms with Crippen LogP contribution in [0.4, 0.5) is 5.00 Å². The van der Waals surface area contributed by atoms with E-state index < -0.39 is 0 Å². The molecule has 1 aliphatic carbocycles. The average molecular weight is 418 g/mol. The van der Waals surface area contributed by atoms with Crippen molar-refractivity contribution < 1.29 is 14.3 Å². The van der Waals surface area contributed by atoms with Crippen molar-refractivity contribution in [3.63, 3.8) is 0 Å². The summed E-state index contributed by atoms with van der Waals surface area (Å²) in [5.41, 5.74) is 1.80. The Morgan fingerprint density at radius 3 is 2.76 bits per heavy atom. The van der Waals surface area contributed by atoms with Gasteiger partial charge in [0.15, 0.2) is 0 Å². The van der Waals surface area contributed by atoms with Gasteiger partial charge in [-0.25, -0.2) is 4.79 Å². The van der Waals surface area contributed by atoms with Crippen LogP contribution in [0.1, 0.15) is 51.4 Å². The van der Waals surface area contributed by atoms with Crippen LogP contribution in [0.2, 0.25) is 8.67 Å². The van der Waals surface area contributed by atoms with Crippen LogP contribution in [-0.2, 0) is 17.6 Å². The molecule has 3 rings (SSSR count). The second kappa shape index (κ2) is 7.66. The molecule has 0 saturated heterocycles. The van der Waals surface area contributed by atoms with E-state index in [1.165, 1.54) is 17.4 Å². The summed E-state index contributed by atoms with van der Waals surface area (Å²) in [5.74, 6) is -0.195. The number of carbonyl (C=O) groups is 2. The van der Waals surface area contributed by atoms with Crippen LogP contribution in [-0.4, -0.2) is 18.5 Å². The van der Waals surface area contributed by atoms with Gasteiger partial charge in [-0.3, -0.25) is 4.79 Å². The first-order chi connectivity index (χ1) is 11.9. The molecular weight excluding hydrogens is 401 g/mol. The highest BCUT2D eigenvalue weighted by molar-refractivity contribution is 7.20. The summed E-state index contributed by atoms with van der Waals surface area (Å²) < 4.78 is 5.98. The van der Waals surface area contributed by atoms with Crippen LogP contribution in [0.25, 0.3) is 0 Å². The third-order valence-electron chi connectivity index (χ3n) is 4.12. The summed E-state index contributed by atoms with van der Waals surface area (Å²) >= 11 is 14.6. The molecule has 25 heavy (non-hydrogen) atoms. The Morgan fingerprint density at radius 2 is 2.12 bits per heavy atom. The number of halogens is 2. The van der Waals surface area contributed by atoms with Gasteiger partial charge in [-0.05, 0) is 43.7 Å². The monoisotopic (exact) mass is 417 g/mol. The molecule has 0 unspecified atom stereocenters. The Balaban J connectivity index is 1.96. The zero-order valence-electron chi connectivity index (χ0n) is 13.8. The van der Waals surface area contributed by atoms with Gasteiger partial charge in [0.2, 0.25) is 0 Å². The maximum absolute atomic E-state index is 12.6. The smallest absolute Gasteiger partial charge is 0.341 e. The summed E-state index contributed by atoms with van der Waals surface area (Å²) in [6.07, 6.45) is 2.75. The van der Waals surface area contributed by atoms with E-state index in [2.05, 4.69) is 12.2 Å². The van der Waals surface area contributed by atoms with E-state index in [1.54, 1.807) is 6.92 Å². The molecule has 2 heterocycles. The zero-order chi connectivity index (χ0) is 18.1. The molecular formula is C17H17Cl2NO3S2. The first kappa shape index (κ1) is 18.7. The summed E-state index contributed by atoms with van der Waals surface area (Å²) in [4.78, 5) is 26.2. The Labute approximate surface area is 164 Å². The third kappa shape index (κ3) is 3.87. The Morgan fingerprint density at radius 1 is 1.36 bits per heavy atom. The maximum Gasteiger partial charge on any atom is 0.341 e. The molecule has 0 aliphatic heterocycles. The van der Waals surface area contributed by atoms with E-state index in [4.69, 9.17) is 27.9 Å². The lowest BCUT2D eigenvalue weighted by Crippen LogP contribution is -2.16. The number of nitrogens with one attached hydrogen (secondary N) is 1. The van der Waals surface area contributed by atoms with E-state index in [1.807, 2.05) is 0 Å². The number of amides is 1. The number of thiophene rings is 2. The lowest BCUT2D eigenvalue weighted by Gasteiger charge is -2.18. The van der Waals surface area contributed by atoms with Crippen molar-refractivity contribution in [3.8, 4) is 0 Å². The van der Waals surface area contributed by atoms with E-state index in [-0.39, 0.29) is 11.9 Å². The van der Waals surface area contributed by atoms with Gasteiger partial charge in [0.25, 0.3) is 5.91 Å². The average Bonchev–Trinajstić information content (AvgIpc) is 3.06. The first-order valence-corrected chi connectivity index (χ1v) is 10.4. The van der Waals surface area contributed by atoms with Crippen LogP contribution >= 0.6 is 45.9 Å². The number of hydrogen-bond donors (Lipinski definition) is 1. The number of fused-ring (bicyclic) bond motifs is 1. The molecule has 0 saturated carbocycles. The zero-order valence-corrected chi connectivity index (χ0v) is 16.9. The predicted octanol–water partition coefficient (Wildman–Crippen LogP) is 5.67. The van der Waals surface area contributed by atoms with Gasteiger partial charge in [-0.15, -0.1) is 22.7 Å². The fourth-order valence-electron chi connectivity index (χ4n) is 2.92. The van der Waals surface area contributed by atoms with Crippen molar-refractivity contribution in [2.24, 2.45) is 5.92 Å². The largest absolute Gasteiger partial charge is 0.462 e. The van der Waals surface area contributed by atoms with Crippen LogP contribution in [0.3, 0.4) is 0 Å². The Bertz CT molecular complexity index is 828. The minimum atomic E-state index is -0.390. The minimum absolute atomic E-state index is 0.291. The molecule has 1 amide bonds. The standard InChI is InChI=1S/C17H17Cl2NO3S2/c1-3-23-17(22)13-9-5-4-8(2)6-11(9)24-16(13)20-15(21)10-7-12(18)25-14(10)19/h7-8H,3-6H2,1-2H3,(H,20,21)/t8-/m1/s1. The van der Waals surface area contributed by atoms with Crippen LogP contribution in [0.15, 0.2) is 6.07 Å². The molecule has 1 N–H and O–H groups in total. The number of carbonyl (C=O) groups excluding carboxylic acids is 2. The molecule has 1 aliphatic rings. The number of anilines is 1. The van der Waals surface area contributed by atoms with Crippen molar-refractivity contribution in [2.75, 3.05) is 11.9 Å². The summed E-state index contributed by atoms with van der Waals surface area (Å²) in [6, 6.07) is 1.53. The highest BCUT2D eigenvalue weighted by Crippen LogP contribution is 2.41. The normalized spacial score (nSPS) is 16.4. The number of esters is 1. The maximum atomic E-state index is 12.6. The van der Waals surface area contributed by atoms with Gasteiger partial charge >= 0.3 is 5.97 Å². The summed E-state index contributed by atoms with van der Waals surface area (Å²) in [6.45, 7) is 4.25. The molecule has 4 nitrogen and oxygen atoms in total. The fourth-order valence-corrected chi connectivity index (χ4v) is 5.78. The van der Waals surface area contributed by atoms with Crippen LogP contribution in [0, 0.1) is 5.92 Å². The summed E-state index contributed by atoms with van der Waals surface area (Å²) in [5, 5.41) is 3.36. The Kier molecular flexibility index (Phi) is 5.73.